The maximum Gasteiger partial charge on any atom is 0.408 e. The zero-order valence-corrected chi connectivity index (χ0v) is 19.8. The molecule has 0 bridgehead atoms. The standard InChI is InChI=1S/C22H40N6O2/c1-8-22(9-2,26-20(29)30-21(4,5)6)16-24-19(23-10-3)28-12-11-17(15-28)18-13-25-27(7)14-18/h13-14,17H,8-12,15-16H2,1-7H3,(H,23,24)(H,26,29). The second-order valence-corrected chi connectivity index (χ2v) is 9.16. The van der Waals surface area contributed by atoms with E-state index in [2.05, 4.69) is 47.6 Å². The van der Waals surface area contributed by atoms with Gasteiger partial charge in [0.1, 0.15) is 5.60 Å². The molecule has 1 fully saturated rings. The van der Waals surface area contributed by atoms with E-state index in [9.17, 15) is 4.79 Å². The van der Waals surface area contributed by atoms with Crippen LogP contribution in [0, 0.1) is 0 Å². The minimum absolute atomic E-state index is 0.385. The smallest absolute Gasteiger partial charge is 0.408 e. The van der Waals surface area contributed by atoms with E-state index in [1.807, 2.05) is 38.7 Å². The van der Waals surface area contributed by atoms with Crippen molar-refractivity contribution in [2.45, 2.75) is 77.9 Å². The van der Waals surface area contributed by atoms with Crippen LogP contribution in [0.2, 0.25) is 0 Å². The predicted molar refractivity (Wildman–Crippen MR) is 121 cm³/mol. The van der Waals surface area contributed by atoms with Crippen molar-refractivity contribution < 1.29 is 9.53 Å². The molecule has 0 aliphatic carbocycles. The summed E-state index contributed by atoms with van der Waals surface area (Å²) in [5, 5.41) is 10.8. The summed E-state index contributed by atoms with van der Waals surface area (Å²) in [6.07, 6.45) is 6.32. The van der Waals surface area contributed by atoms with Gasteiger partial charge in [0, 0.05) is 38.8 Å². The molecule has 1 aromatic rings. The Balaban J connectivity index is 2.09. The zero-order valence-electron chi connectivity index (χ0n) is 19.8. The average molecular weight is 421 g/mol. The molecule has 2 rings (SSSR count). The summed E-state index contributed by atoms with van der Waals surface area (Å²) in [5.41, 5.74) is 0.330. The molecular weight excluding hydrogens is 380 g/mol. The Morgan fingerprint density at radius 1 is 1.30 bits per heavy atom. The van der Waals surface area contributed by atoms with Crippen LogP contribution in [0.5, 0.6) is 0 Å². The number of carbonyl (C=O) groups excluding carboxylic acids is 1. The summed E-state index contributed by atoms with van der Waals surface area (Å²) in [5.74, 6) is 1.37. The number of guanidine groups is 1. The van der Waals surface area contributed by atoms with Gasteiger partial charge in [-0.3, -0.25) is 9.67 Å². The molecular formula is C22H40N6O2. The van der Waals surface area contributed by atoms with E-state index < -0.39 is 11.1 Å². The molecule has 8 nitrogen and oxygen atoms in total. The first kappa shape index (κ1) is 24.0. The van der Waals surface area contributed by atoms with Crippen LogP contribution < -0.4 is 10.6 Å². The lowest BCUT2D eigenvalue weighted by atomic mass is 9.93. The Morgan fingerprint density at radius 2 is 2.00 bits per heavy atom. The monoisotopic (exact) mass is 420 g/mol. The van der Waals surface area contributed by atoms with Crippen LogP contribution in [0.4, 0.5) is 4.79 Å². The Labute approximate surface area is 181 Å². The molecule has 170 valence electrons. The van der Waals surface area contributed by atoms with Gasteiger partial charge in [-0.2, -0.15) is 5.10 Å². The van der Waals surface area contributed by atoms with Gasteiger partial charge in [-0.05, 0) is 52.5 Å². The fourth-order valence-electron chi connectivity index (χ4n) is 3.74. The zero-order chi connectivity index (χ0) is 22.4. The van der Waals surface area contributed by atoms with Gasteiger partial charge in [0.15, 0.2) is 5.96 Å². The van der Waals surface area contributed by atoms with Crippen molar-refractivity contribution in [2.24, 2.45) is 12.0 Å². The first-order valence-corrected chi connectivity index (χ1v) is 11.1. The number of aryl methyl sites for hydroxylation is 1. The first-order chi connectivity index (χ1) is 14.1. The maximum absolute atomic E-state index is 12.4. The van der Waals surface area contributed by atoms with E-state index in [1.54, 1.807) is 0 Å². The minimum atomic E-state index is -0.521. The number of nitrogens with one attached hydrogen (secondary N) is 2. The van der Waals surface area contributed by atoms with Crippen molar-refractivity contribution in [3.63, 3.8) is 0 Å². The molecule has 2 heterocycles. The van der Waals surface area contributed by atoms with Crippen LogP contribution in [0.3, 0.4) is 0 Å². The van der Waals surface area contributed by atoms with Gasteiger partial charge in [0.25, 0.3) is 0 Å². The number of aliphatic imine (C=N–C) groups is 1. The van der Waals surface area contributed by atoms with E-state index in [0.29, 0.717) is 12.5 Å². The summed E-state index contributed by atoms with van der Waals surface area (Å²) < 4.78 is 7.34. The van der Waals surface area contributed by atoms with E-state index in [-0.39, 0.29) is 6.09 Å². The number of nitrogens with zero attached hydrogens (tertiary/aromatic N) is 4. The molecule has 1 aliphatic heterocycles. The molecule has 1 aromatic heterocycles. The number of likely N-dealkylation sites (tertiary alicyclic amines) is 1. The number of hydrogen-bond acceptors (Lipinski definition) is 4. The average Bonchev–Trinajstić information content (AvgIpc) is 3.31. The highest BCUT2D eigenvalue weighted by Crippen LogP contribution is 2.27. The fourth-order valence-corrected chi connectivity index (χ4v) is 3.74. The lowest BCUT2D eigenvalue weighted by Gasteiger charge is -2.33. The van der Waals surface area contributed by atoms with E-state index in [0.717, 1.165) is 44.9 Å². The molecule has 0 radical (unpaired) electrons. The minimum Gasteiger partial charge on any atom is -0.444 e. The van der Waals surface area contributed by atoms with Gasteiger partial charge < -0.3 is 20.3 Å². The van der Waals surface area contributed by atoms with E-state index >= 15 is 0 Å². The third kappa shape index (κ3) is 6.64. The highest BCUT2D eigenvalue weighted by Gasteiger charge is 2.32. The SMILES string of the molecule is CCNC(=NCC(CC)(CC)NC(=O)OC(C)(C)C)N1CCC(c2cnn(C)c2)C1. The van der Waals surface area contributed by atoms with Crippen LogP contribution >= 0.6 is 0 Å². The Kier molecular flexibility index (Phi) is 8.15. The second kappa shape index (κ2) is 10.2. The number of alkyl carbamates (subject to hydrolysis) is 1. The number of rotatable bonds is 7. The highest BCUT2D eigenvalue weighted by molar-refractivity contribution is 5.80. The van der Waals surface area contributed by atoms with Gasteiger partial charge in [-0.25, -0.2) is 4.79 Å². The Morgan fingerprint density at radius 3 is 2.53 bits per heavy atom. The Hall–Kier alpha value is -2.25. The van der Waals surface area contributed by atoms with Crippen LogP contribution in [-0.2, 0) is 11.8 Å². The summed E-state index contributed by atoms with van der Waals surface area (Å²) in [4.78, 5) is 19.6. The largest absolute Gasteiger partial charge is 0.444 e. The van der Waals surface area contributed by atoms with Crippen molar-refractivity contribution in [1.29, 1.82) is 0 Å². The summed E-state index contributed by atoms with van der Waals surface area (Å²) in [7, 11) is 1.95. The summed E-state index contributed by atoms with van der Waals surface area (Å²) >= 11 is 0. The normalized spacial score (nSPS) is 17.9. The van der Waals surface area contributed by atoms with Gasteiger partial charge in [-0.1, -0.05) is 13.8 Å². The lowest BCUT2D eigenvalue weighted by Crippen LogP contribution is -2.52. The third-order valence-corrected chi connectivity index (χ3v) is 5.67. The van der Waals surface area contributed by atoms with Crippen LogP contribution in [0.25, 0.3) is 0 Å². The molecule has 1 saturated heterocycles. The topological polar surface area (TPSA) is 83.8 Å². The Bertz CT molecular complexity index is 717. The number of aromatic nitrogens is 2. The van der Waals surface area contributed by atoms with Gasteiger partial charge in [0.2, 0.25) is 0 Å². The quantitative estimate of drug-likeness (QED) is 0.522. The van der Waals surface area contributed by atoms with Crippen molar-refractivity contribution >= 4 is 12.1 Å². The van der Waals surface area contributed by atoms with Gasteiger partial charge in [0.05, 0.1) is 18.3 Å². The molecule has 0 spiro atoms. The first-order valence-electron chi connectivity index (χ1n) is 11.1. The molecule has 0 aromatic carbocycles. The molecule has 1 atom stereocenters. The predicted octanol–water partition coefficient (Wildman–Crippen LogP) is 3.26. The molecule has 1 aliphatic rings. The lowest BCUT2D eigenvalue weighted by molar-refractivity contribution is 0.0451. The van der Waals surface area contributed by atoms with Crippen molar-refractivity contribution in [3.05, 3.63) is 18.0 Å². The number of carbonyl (C=O) groups is 1. The van der Waals surface area contributed by atoms with Gasteiger partial charge >= 0.3 is 6.09 Å². The van der Waals surface area contributed by atoms with Crippen LogP contribution in [0.1, 0.15) is 72.3 Å². The highest BCUT2D eigenvalue weighted by atomic mass is 16.6. The van der Waals surface area contributed by atoms with Crippen LogP contribution in [0.15, 0.2) is 17.4 Å². The van der Waals surface area contributed by atoms with Crippen molar-refractivity contribution in [1.82, 2.24) is 25.3 Å². The molecule has 2 N–H and O–H groups in total. The molecule has 1 amide bonds. The summed E-state index contributed by atoms with van der Waals surface area (Å²) in [6, 6.07) is 0. The van der Waals surface area contributed by atoms with E-state index in [1.165, 1.54) is 5.56 Å². The van der Waals surface area contributed by atoms with Crippen LogP contribution in [-0.4, -0.2) is 64.1 Å². The van der Waals surface area contributed by atoms with E-state index in [4.69, 9.17) is 9.73 Å². The maximum atomic E-state index is 12.4. The number of hydrogen-bond donors (Lipinski definition) is 2. The molecule has 0 saturated carbocycles. The third-order valence-electron chi connectivity index (χ3n) is 5.67. The molecule has 30 heavy (non-hydrogen) atoms. The van der Waals surface area contributed by atoms with Crippen molar-refractivity contribution in [2.75, 3.05) is 26.2 Å². The second-order valence-electron chi connectivity index (χ2n) is 9.16. The molecule has 1 unspecified atom stereocenters. The molecule has 8 heteroatoms. The summed E-state index contributed by atoms with van der Waals surface area (Å²) in [6.45, 7) is 15.1. The number of amides is 1. The van der Waals surface area contributed by atoms with Gasteiger partial charge in [-0.15, -0.1) is 0 Å². The van der Waals surface area contributed by atoms with Crippen molar-refractivity contribution in [3.8, 4) is 0 Å². The fraction of sp³-hybridized carbons (Fsp3) is 0.773. The number of ether oxygens (including phenoxy) is 1.